The second kappa shape index (κ2) is 11.4. The van der Waals surface area contributed by atoms with Crippen molar-refractivity contribution in [1.82, 2.24) is 25.1 Å². The second-order valence-electron chi connectivity index (χ2n) is 8.64. The number of benzene rings is 1. The van der Waals surface area contributed by atoms with E-state index < -0.39 is 11.6 Å². The summed E-state index contributed by atoms with van der Waals surface area (Å²) in [5, 5.41) is 10.8. The van der Waals surface area contributed by atoms with Crippen LogP contribution in [-0.4, -0.2) is 44.6 Å². The number of hydrogen-bond acceptors (Lipinski definition) is 6. The van der Waals surface area contributed by atoms with E-state index in [0.717, 1.165) is 24.9 Å². The van der Waals surface area contributed by atoms with E-state index in [9.17, 15) is 13.6 Å². The smallest absolute Gasteiger partial charge is 0.221 e. The van der Waals surface area contributed by atoms with Gasteiger partial charge in [0.1, 0.15) is 17.3 Å². The van der Waals surface area contributed by atoms with E-state index in [0.29, 0.717) is 48.9 Å². The lowest BCUT2D eigenvalue weighted by Crippen LogP contribution is -2.25. The fourth-order valence-electron chi connectivity index (χ4n) is 3.94. The summed E-state index contributed by atoms with van der Waals surface area (Å²) in [4.78, 5) is 20.1. The molecule has 0 bridgehead atoms. The molecule has 186 valence electrons. The fourth-order valence-corrected chi connectivity index (χ4v) is 4.12. The Balaban J connectivity index is 1.36. The van der Waals surface area contributed by atoms with Crippen molar-refractivity contribution in [2.24, 2.45) is 5.92 Å². The standard InChI is InChI=1S/C24H27ClF2N6O2/c1-15(22-23(28-14-34)30-24(25)29-22)33(10-2-4-16-6-7-16)11-3-5-20-31-32-21(35-20)12-17-8-9-18(26)13-19(17)27/h8-9,13-14,16H,1-7,10-12H2,(H,28,34)(H,29,30). The molecule has 0 atom stereocenters. The van der Waals surface area contributed by atoms with Crippen LogP contribution in [-0.2, 0) is 17.6 Å². The number of aromatic nitrogens is 4. The Morgan fingerprint density at radius 3 is 2.77 bits per heavy atom. The number of rotatable bonds is 14. The molecule has 4 rings (SSSR count). The number of carbonyl (C=O) groups excluding carboxylic acids is 1. The molecule has 0 unspecified atom stereocenters. The quantitative estimate of drug-likeness (QED) is 0.300. The number of carbonyl (C=O) groups is 1. The highest BCUT2D eigenvalue weighted by atomic mass is 35.5. The summed E-state index contributed by atoms with van der Waals surface area (Å²) < 4.78 is 32.7. The number of aryl methyl sites for hydroxylation is 1. The molecule has 11 heteroatoms. The van der Waals surface area contributed by atoms with Crippen LogP contribution in [0.5, 0.6) is 0 Å². The van der Waals surface area contributed by atoms with Gasteiger partial charge in [-0.15, -0.1) is 10.2 Å². The van der Waals surface area contributed by atoms with Crippen molar-refractivity contribution in [2.45, 2.75) is 44.9 Å². The molecule has 2 N–H and O–H groups in total. The van der Waals surface area contributed by atoms with Crippen LogP contribution in [0.25, 0.3) is 5.70 Å². The van der Waals surface area contributed by atoms with E-state index in [4.69, 9.17) is 16.0 Å². The van der Waals surface area contributed by atoms with Crippen molar-refractivity contribution >= 4 is 29.5 Å². The third kappa shape index (κ3) is 6.88. The Kier molecular flexibility index (Phi) is 8.12. The van der Waals surface area contributed by atoms with Gasteiger partial charge in [0, 0.05) is 25.6 Å². The summed E-state index contributed by atoms with van der Waals surface area (Å²) >= 11 is 6.01. The number of nitrogens with one attached hydrogen (secondary N) is 2. The van der Waals surface area contributed by atoms with E-state index in [1.807, 2.05) is 0 Å². The Bertz CT molecular complexity index is 1180. The highest BCUT2D eigenvalue weighted by Gasteiger charge is 2.22. The predicted molar refractivity (Wildman–Crippen MR) is 128 cm³/mol. The number of nitrogens with zero attached hydrogens (tertiary/aromatic N) is 4. The zero-order valence-electron chi connectivity index (χ0n) is 19.2. The number of amides is 1. The molecule has 1 aliphatic carbocycles. The van der Waals surface area contributed by atoms with Crippen LogP contribution in [0.1, 0.15) is 55.1 Å². The SMILES string of the molecule is C=C(c1[nH]c(Cl)nc1NC=O)N(CCCc1nnc(Cc2ccc(F)cc2F)o1)CCCC1CC1. The maximum Gasteiger partial charge on any atom is 0.221 e. The van der Waals surface area contributed by atoms with E-state index in [1.54, 1.807) is 0 Å². The molecule has 0 saturated heterocycles. The minimum Gasteiger partial charge on any atom is -0.425 e. The summed E-state index contributed by atoms with van der Waals surface area (Å²) in [5.41, 5.74) is 1.54. The van der Waals surface area contributed by atoms with Crippen LogP contribution < -0.4 is 5.32 Å². The van der Waals surface area contributed by atoms with Gasteiger partial charge < -0.3 is 19.6 Å². The van der Waals surface area contributed by atoms with E-state index in [1.165, 1.54) is 31.4 Å². The summed E-state index contributed by atoms with van der Waals surface area (Å²) in [5.74, 6) is 0.588. The number of H-pyrrole nitrogens is 1. The highest BCUT2D eigenvalue weighted by Crippen LogP contribution is 2.34. The monoisotopic (exact) mass is 504 g/mol. The maximum absolute atomic E-state index is 13.9. The van der Waals surface area contributed by atoms with Gasteiger partial charge >= 0.3 is 0 Å². The van der Waals surface area contributed by atoms with Gasteiger partial charge in [0.25, 0.3) is 0 Å². The van der Waals surface area contributed by atoms with Crippen LogP contribution in [0.3, 0.4) is 0 Å². The number of aromatic amines is 1. The Morgan fingerprint density at radius 1 is 1.26 bits per heavy atom. The molecule has 1 amide bonds. The van der Waals surface area contributed by atoms with Gasteiger partial charge in [-0.3, -0.25) is 4.79 Å². The number of halogens is 3. The predicted octanol–water partition coefficient (Wildman–Crippen LogP) is 4.98. The third-order valence-electron chi connectivity index (χ3n) is 5.96. The number of imidazole rings is 1. The van der Waals surface area contributed by atoms with Crippen LogP contribution in [0, 0.1) is 17.6 Å². The van der Waals surface area contributed by atoms with Crippen LogP contribution in [0.15, 0.2) is 29.2 Å². The average Bonchev–Trinajstić information content (AvgIpc) is 3.42. The second-order valence-corrected chi connectivity index (χ2v) is 9.00. The summed E-state index contributed by atoms with van der Waals surface area (Å²) in [6, 6.07) is 3.40. The lowest BCUT2D eigenvalue weighted by atomic mass is 10.1. The summed E-state index contributed by atoms with van der Waals surface area (Å²) in [7, 11) is 0. The van der Waals surface area contributed by atoms with Gasteiger partial charge in [0.15, 0.2) is 5.82 Å². The first kappa shape index (κ1) is 24.8. The molecule has 1 aliphatic rings. The van der Waals surface area contributed by atoms with Crippen molar-refractivity contribution < 1.29 is 18.0 Å². The normalized spacial score (nSPS) is 13.1. The van der Waals surface area contributed by atoms with Crippen molar-refractivity contribution in [2.75, 3.05) is 18.4 Å². The fraction of sp³-hybridized carbons (Fsp3) is 0.417. The van der Waals surface area contributed by atoms with Crippen molar-refractivity contribution in [3.05, 3.63) is 64.7 Å². The highest BCUT2D eigenvalue weighted by molar-refractivity contribution is 6.28. The molecule has 1 aromatic carbocycles. The van der Waals surface area contributed by atoms with E-state index in [-0.39, 0.29) is 23.2 Å². The lowest BCUT2D eigenvalue weighted by Gasteiger charge is -2.26. The zero-order valence-corrected chi connectivity index (χ0v) is 20.0. The Labute approximate surface area is 206 Å². The topological polar surface area (TPSA) is 99.9 Å². The molecule has 0 aliphatic heterocycles. The molecule has 8 nitrogen and oxygen atoms in total. The average molecular weight is 505 g/mol. The van der Waals surface area contributed by atoms with Crippen molar-refractivity contribution in [3.63, 3.8) is 0 Å². The number of hydrogen-bond donors (Lipinski definition) is 2. The maximum atomic E-state index is 13.9. The van der Waals surface area contributed by atoms with Gasteiger partial charge in [-0.25, -0.2) is 8.78 Å². The first-order valence-corrected chi connectivity index (χ1v) is 12.0. The Hall–Kier alpha value is -3.27. The number of anilines is 1. The molecular weight excluding hydrogens is 478 g/mol. The largest absolute Gasteiger partial charge is 0.425 e. The van der Waals surface area contributed by atoms with Crippen LogP contribution in [0.2, 0.25) is 5.28 Å². The third-order valence-corrected chi connectivity index (χ3v) is 6.14. The molecule has 1 saturated carbocycles. The lowest BCUT2D eigenvalue weighted by molar-refractivity contribution is -0.105. The minimum absolute atomic E-state index is 0.0936. The molecule has 0 spiro atoms. The zero-order chi connectivity index (χ0) is 24.8. The first-order chi connectivity index (χ1) is 16.9. The van der Waals surface area contributed by atoms with Crippen LogP contribution in [0.4, 0.5) is 14.6 Å². The van der Waals surface area contributed by atoms with Crippen LogP contribution >= 0.6 is 11.6 Å². The molecular formula is C24H27ClF2N6O2. The van der Waals surface area contributed by atoms with Crippen molar-refractivity contribution in [1.29, 1.82) is 0 Å². The molecule has 1 fully saturated rings. The van der Waals surface area contributed by atoms with Gasteiger partial charge in [0.05, 0.1) is 12.1 Å². The first-order valence-electron chi connectivity index (χ1n) is 11.6. The van der Waals surface area contributed by atoms with Gasteiger partial charge in [-0.1, -0.05) is 25.5 Å². The molecule has 2 heterocycles. The van der Waals surface area contributed by atoms with Gasteiger partial charge in [0.2, 0.25) is 23.5 Å². The van der Waals surface area contributed by atoms with Gasteiger partial charge in [-0.05, 0) is 48.4 Å². The van der Waals surface area contributed by atoms with Gasteiger partial charge in [-0.2, -0.15) is 4.98 Å². The Morgan fingerprint density at radius 2 is 2.03 bits per heavy atom. The summed E-state index contributed by atoms with van der Waals surface area (Å²) in [6.07, 6.45) is 6.65. The molecule has 35 heavy (non-hydrogen) atoms. The molecule has 0 radical (unpaired) electrons. The molecule has 2 aromatic heterocycles. The minimum atomic E-state index is -0.646. The molecule has 3 aromatic rings. The van der Waals surface area contributed by atoms with E-state index in [2.05, 4.69) is 37.0 Å². The summed E-state index contributed by atoms with van der Waals surface area (Å²) in [6.45, 7) is 5.67. The van der Waals surface area contributed by atoms with E-state index >= 15 is 0 Å². The van der Waals surface area contributed by atoms with Crippen molar-refractivity contribution in [3.8, 4) is 0 Å².